The van der Waals surface area contributed by atoms with Crippen molar-refractivity contribution in [1.29, 1.82) is 0 Å². The minimum Gasteiger partial charge on any atom is -0.359 e. The Morgan fingerprint density at radius 3 is 2.57 bits per heavy atom. The smallest absolute Gasteiger partial charge is 0.146 e. The van der Waals surface area contributed by atoms with E-state index in [0.29, 0.717) is 0 Å². The van der Waals surface area contributed by atoms with Crippen molar-refractivity contribution < 1.29 is 0 Å². The molecular formula is C10H18N4. The highest BCUT2D eigenvalue weighted by molar-refractivity contribution is 5.33. The maximum atomic E-state index is 4.33. The van der Waals surface area contributed by atoms with Gasteiger partial charge in [-0.2, -0.15) is 0 Å². The van der Waals surface area contributed by atoms with Gasteiger partial charge in [0.25, 0.3) is 0 Å². The van der Waals surface area contributed by atoms with Crippen LogP contribution in [0.15, 0.2) is 12.4 Å². The molecule has 4 heteroatoms. The number of nitrogens with zero attached hydrogens (tertiary/aromatic N) is 3. The molecule has 0 saturated heterocycles. The van der Waals surface area contributed by atoms with Gasteiger partial charge in [0.15, 0.2) is 0 Å². The maximum Gasteiger partial charge on any atom is 0.146 e. The second-order valence-electron chi connectivity index (χ2n) is 3.16. The predicted molar refractivity (Wildman–Crippen MR) is 58.4 cm³/mol. The standard InChI is InChI=1S/C10H18N4/c1-4-11-6-9-7-13-10(8-12-9)14(3)5-2/h7-8,11H,4-6H2,1-3H3. The van der Waals surface area contributed by atoms with E-state index in [4.69, 9.17) is 0 Å². The lowest BCUT2D eigenvalue weighted by Crippen LogP contribution is -2.18. The number of rotatable bonds is 5. The Kier molecular flexibility index (Phi) is 4.32. The first-order valence-corrected chi connectivity index (χ1v) is 5.00. The molecule has 4 nitrogen and oxygen atoms in total. The molecule has 0 unspecified atom stereocenters. The molecule has 14 heavy (non-hydrogen) atoms. The summed E-state index contributed by atoms with van der Waals surface area (Å²) in [6.07, 6.45) is 3.64. The normalized spacial score (nSPS) is 10.2. The number of hydrogen-bond acceptors (Lipinski definition) is 4. The minimum atomic E-state index is 0.791. The van der Waals surface area contributed by atoms with E-state index in [1.165, 1.54) is 0 Å². The zero-order chi connectivity index (χ0) is 10.4. The van der Waals surface area contributed by atoms with E-state index < -0.39 is 0 Å². The van der Waals surface area contributed by atoms with E-state index in [0.717, 1.165) is 31.1 Å². The summed E-state index contributed by atoms with van der Waals surface area (Å²) in [5, 5.41) is 3.21. The summed E-state index contributed by atoms with van der Waals surface area (Å²) in [6.45, 7) is 6.86. The highest BCUT2D eigenvalue weighted by atomic mass is 15.2. The number of hydrogen-bond donors (Lipinski definition) is 1. The van der Waals surface area contributed by atoms with Crippen molar-refractivity contribution in [2.45, 2.75) is 20.4 Å². The molecule has 0 aliphatic heterocycles. The molecule has 0 aromatic carbocycles. The third-order valence-electron chi connectivity index (χ3n) is 2.11. The topological polar surface area (TPSA) is 41.1 Å². The fraction of sp³-hybridized carbons (Fsp3) is 0.600. The second-order valence-corrected chi connectivity index (χ2v) is 3.16. The van der Waals surface area contributed by atoms with Gasteiger partial charge >= 0.3 is 0 Å². The minimum absolute atomic E-state index is 0.791. The van der Waals surface area contributed by atoms with Gasteiger partial charge in [-0.1, -0.05) is 6.92 Å². The van der Waals surface area contributed by atoms with E-state index in [9.17, 15) is 0 Å². The van der Waals surface area contributed by atoms with E-state index in [1.54, 1.807) is 0 Å². The van der Waals surface area contributed by atoms with Gasteiger partial charge in [0.1, 0.15) is 5.82 Å². The van der Waals surface area contributed by atoms with Gasteiger partial charge in [-0.15, -0.1) is 0 Å². The summed E-state index contributed by atoms with van der Waals surface area (Å²) in [5.41, 5.74) is 0.986. The lowest BCUT2D eigenvalue weighted by molar-refractivity contribution is 0.706. The second kappa shape index (κ2) is 5.54. The summed E-state index contributed by atoms with van der Waals surface area (Å²) >= 11 is 0. The van der Waals surface area contributed by atoms with Gasteiger partial charge in [0.05, 0.1) is 18.1 Å². The molecular weight excluding hydrogens is 176 g/mol. The third-order valence-corrected chi connectivity index (χ3v) is 2.11. The van der Waals surface area contributed by atoms with Gasteiger partial charge < -0.3 is 10.2 Å². The van der Waals surface area contributed by atoms with Crippen molar-refractivity contribution in [2.24, 2.45) is 0 Å². The Hall–Kier alpha value is -1.16. The van der Waals surface area contributed by atoms with Crippen LogP contribution in [0, 0.1) is 0 Å². The van der Waals surface area contributed by atoms with Crippen LogP contribution in [-0.2, 0) is 6.54 Å². The van der Waals surface area contributed by atoms with Crippen LogP contribution in [0.4, 0.5) is 5.82 Å². The summed E-state index contributed by atoms with van der Waals surface area (Å²) < 4.78 is 0. The van der Waals surface area contributed by atoms with Gasteiger partial charge in [0, 0.05) is 20.1 Å². The molecule has 0 aliphatic rings. The molecule has 0 bridgehead atoms. The Labute approximate surface area is 85.4 Å². The van der Waals surface area contributed by atoms with Crippen LogP contribution < -0.4 is 10.2 Å². The van der Waals surface area contributed by atoms with Crippen LogP contribution in [-0.4, -0.2) is 30.1 Å². The fourth-order valence-electron chi connectivity index (χ4n) is 1.05. The van der Waals surface area contributed by atoms with Crippen molar-refractivity contribution in [3.05, 3.63) is 18.1 Å². The van der Waals surface area contributed by atoms with Gasteiger partial charge in [0.2, 0.25) is 0 Å². The number of anilines is 1. The average Bonchev–Trinajstić information content (AvgIpc) is 2.26. The van der Waals surface area contributed by atoms with Gasteiger partial charge in [-0.25, -0.2) is 4.98 Å². The molecule has 1 aromatic rings. The first-order chi connectivity index (χ1) is 6.77. The van der Waals surface area contributed by atoms with Crippen molar-refractivity contribution in [2.75, 3.05) is 25.0 Å². The van der Waals surface area contributed by atoms with Crippen LogP contribution in [0.3, 0.4) is 0 Å². The van der Waals surface area contributed by atoms with Crippen molar-refractivity contribution in [3.63, 3.8) is 0 Å². The molecule has 1 aromatic heterocycles. The fourth-order valence-corrected chi connectivity index (χ4v) is 1.05. The molecule has 0 saturated carbocycles. The highest BCUT2D eigenvalue weighted by Gasteiger charge is 2.00. The summed E-state index contributed by atoms with van der Waals surface area (Å²) in [6, 6.07) is 0. The Morgan fingerprint density at radius 1 is 1.29 bits per heavy atom. The van der Waals surface area contributed by atoms with Gasteiger partial charge in [-0.3, -0.25) is 4.98 Å². The predicted octanol–water partition coefficient (Wildman–Crippen LogP) is 1.04. The van der Waals surface area contributed by atoms with E-state index >= 15 is 0 Å². The molecule has 0 aliphatic carbocycles. The SMILES string of the molecule is CCNCc1cnc(N(C)CC)cn1. The van der Waals surface area contributed by atoms with Crippen LogP contribution >= 0.6 is 0 Å². The summed E-state index contributed by atoms with van der Waals surface area (Å²) in [7, 11) is 2.01. The molecule has 0 spiro atoms. The lowest BCUT2D eigenvalue weighted by atomic mass is 10.4. The molecule has 0 radical (unpaired) electrons. The molecule has 0 amide bonds. The molecule has 78 valence electrons. The summed E-state index contributed by atoms with van der Waals surface area (Å²) in [5.74, 6) is 0.924. The maximum absolute atomic E-state index is 4.33. The van der Waals surface area contributed by atoms with E-state index in [-0.39, 0.29) is 0 Å². The zero-order valence-electron chi connectivity index (χ0n) is 9.12. The van der Waals surface area contributed by atoms with Crippen molar-refractivity contribution in [1.82, 2.24) is 15.3 Å². The molecule has 1 rings (SSSR count). The summed E-state index contributed by atoms with van der Waals surface area (Å²) in [4.78, 5) is 10.7. The highest BCUT2D eigenvalue weighted by Crippen LogP contribution is 2.05. The number of nitrogens with one attached hydrogen (secondary N) is 1. The van der Waals surface area contributed by atoms with Crippen LogP contribution in [0.5, 0.6) is 0 Å². The third kappa shape index (κ3) is 2.96. The average molecular weight is 194 g/mol. The van der Waals surface area contributed by atoms with Gasteiger partial charge in [-0.05, 0) is 13.5 Å². The quantitative estimate of drug-likeness (QED) is 0.760. The largest absolute Gasteiger partial charge is 0.359 e. The molecule has 0 fully saturated rings. The molecule has 1 heterocycles. The van der Waals surface area contributed by atoms with E-state index in [2.05, 4.69) is 34.0 Å². The lowest BCUT2D eigenvalue weighted by Gasteiger charge is -2.14. The first-order valence-electron chi connectivity index (χ1n) is 5.00. The molecule has 0 atom stereocenters. The number of aromatic nitrogens is 2. The van der Waals surface area contributed by atoms with Crippen LogP contribution in [0.2, 0.25) is 0 Å². The Balaban J connectivity index is 2.59. The molecule has 1 N–H and O–H groups in total. The van der Waals surface area contributed by atoms with Crippen LogP contribution in [0.25, 0.3) is 0 Å². The monoisotopic (exact) mass is 194 g/mol. The Morgan fingerprint density at radius 2 is 2.07 bits per heavy atom. The Bertz CT molecular complexity index is 257. The zero-order valence-corrected chi connectivity index (χ0v) is 9.12. The van der Waals surface area contributed by atoms with Crippen LogP contribution in [0.1, 0.15) is 19.5 Å². The van der Waals surface area contributed by atoms with Crippen molar-refractivity contribution >= 4 is 5.82 Å². The first kappa shape index (κ1) is 10.9. The van der Waals surface area contributed by atoms with E-state index in [1.807, 2.05) is 19.4 Å². The van der Waals surface area contributed by atoms with Crippen molar-refractivity contribution in [3.8, 4) is 0 Å².